The number of halogens is 4. The van der Waals surface area contributed by atoms with Crippen LogP contribution in [0.3, 0.4) is 0 Å². The van der Waals surface area contributed by atoms with Gasteiger partial charge in [0.2, 0.25) is 0 Å². The monoisotopic (exact) mass is 438 g/mol. The van der Waals surface area contributed by atoms with Crippen LogP contribution < -0.4 is 10.9 Å². The second-order valence-electron chi connectivity index (χ2n) is 6.00. The molecular formula is C18H10ClF3N4O2S. The van der Waals surface area contributed by atoms with Gasteiger partial charge < -0.3 is 5.32 Å². The molecule has 0 aliphatic carbocycles. The van der Waals surface area contributed by atoms with Gasteiger partial charge in [-0.2, -0.15) is 13.2 Å². The molecule has 1 aromatic carbocycles. The van der Waals surface area contributed by atoms with Crippen LogP contribution in [0.25, 0.3) is 15.2 Å². The van der Waals surface area contributed by atoms with Gasteiger partial charge in [-0.3, -0.25) is 19.0 Å². The number of hydrogen-bond acceptors (Lipinski definition) is 5. The summed E-state index contributed by atoms with van der Waals surface area (Å²) in [6, 6.07) is 7.92. The minimum Gasteiger partial charge on any atom is -0.346 e. The van der Waals surface area contributed by atoms with Crippen LogP contribution in [0.1, 0.15) is 21.6 Å². The van der Waals surface area contributed by atoms with Gasteiger partial charge in [-0.1, -0.05) is 35.1 Å². The number of hydrogen-bond donors (Lipinski definition) is 1. The lowest BCUT2D eigenvalue weighted by Crippen LogP contribution is -2.31. The molecule has 4 aromatic rings. The topological polar surface area (TPSA) is 76.4 Å². The second kappa shape index (κ2) is 7.12. The smallest absolute Gasteiger partial charge is 0.346 e. The highest BCUT2D eigenvalue weighted by Gasteiger charge is 2.31. The number of carbonyl (C=O) groups excluding carboxylic acids is 1. The van der Waals surface area contributed by atoms with Gasteiger partial charge in [-0.15, -0.1) is 0 Å². The maximum absolute atomic E-state index is 12.8. The molecule has 0 fully saturated rings. The number of carbonyl (C=O) groups is 1. The highest BCUT2D eigenvalue weighted by atomic mass is 35.5. The van der Waals surface area contributed by atoms with Gasteiger partial charge in [0.25, 0.3) is 11.5 Å². The predicted molar refractivity (Wildman–Crippen MR) is 102 cm³/mol. The molecule has 11 heteroatoms. The van der Waals surface area contributed by atoms with E-state index in [-0.39, 0.29) is 22.8 Å². The number of para-hydroxylation sites is 1. The fourth-order valence-electron chi connectivity index (χ4n) is 2.72. The fourth-order valence-corrected chi connectivity index (χ4v) is 3.94. The number of aromatic nitrogens is 3. The van der Waals surface area contributed by atoms with Crippen molar-refractivity contribution in [2.45, 2.75) is 12.7 Å². The molecule has 148 valence electrons. The third-order valence-corrected chi connectivity index (χ3v) is 5.50. The summed E-state index contributed by atoms with van der Waals surface area (Å²) in [4.78, 5) is 33.5. The second-order valence-corrected chi connectivity index (χ2v) is 7.41. The number of rotatable bonds is 3. The van der Waals surface area contributed by atoms with Crippen LogP contribution in [0.5, 0.6) is 0 Å². The van der Waals surface area contributed by atoms with Crippen molar-refractivity contribution in [2.75, 3.05) is 0 Å². The largest absolute Gasteiger partial charge is 0.417 e. The molecule has 0 saturated heterocycles. The fraction of sp³-hybridized carbons (Fsp3) is 0.111. The Morgan fingerprint density at radius 2 is 1.97 bits per heavy atom. The summed E-state index contributed by atoms with van der Waals surface area (Å²) in [7, 11) is 0. The zero-order valence-corrected chi connectivity index (χ0v) is 15.9. The van der Waals surface area contributed by atoms with E-state index in [0.717, 1.165) is 10.8 Å². The molecule has 4 rings (SSSR count). The molecule has 0 bridgehead atoms. The molecule has 0 spiro atoms. The van der Waals surface area contributed by atoms with Gasteiger partial charge in [0, 0.05) is 12.4 Å². The zero-order valence-electron chi connectivity index (χ0n) is 14.3. The summed E-state index contributed by atoms with van der Waals surface area (Å²) in [6.45, 7) is -0.248. The van der Waals surface area contributed by atoms with Crippen molar-refractivity contribution in [1.29, 1.82) is 0 Å². The van der Waals surface area contributed by atoms with Crippen molar-refractivity contribution < 1.29 is 18.0 Å². The summed E-state index contributed by atoms with van der Waals surface area (Å²) in [5, 5.41) is 2.20. The minimum absolute atomic E-state index is 0.0446. The minimum atomic E-state index is -4.57. The van der Waals surface area contributed by atoms with Crippen molar-refractivity contribution in [2.24, 2.45) is 0 Å². The Morgan fingerprint density at radius 1 is 1.21 bits per heavy atom. The molecule has 0 unspecified atom stereocenters. The first-order valence-electron chi connectivity index (χ1n) is 8.15. The van der Waals surface area contributed by atoms with E-state index in [1.165, 1.54) is 21.9 Å². The Hall–Kier alpha value is -2.98. The third kappa shape index (κ3) is 3.56. The van der Waals surface area contributed by atoms with Gasteiger partial charge >= 0.3 is 6.18 Å². The number of nitrogens with one attached hydrogen (secondary N) is 1. The van der Waals surface area contributed by atoms with Crippen LogP contribution in [-0.2, 0) is 12.7 Å². The lowest BCUT2D eigenvalue weighted by molar-refractivity contribution is -0.137. The first-order valence-corrected chi connectivity index (χ1v) is 9.34. The zero-order chi connectivity index (χ0) is 20.8. The molecule has 3 heterocycles. The average molecular weight is 439 g/mol. The average Bonchev–Trinajstić information content (AvgIpc) is 3.05. The Kier molecular flexibility index (Phi) is 4.75. The predicted octanol–water partition coefficient (Wildman–Crippen LogP) is 3.91. The van der Waals surface area contributed by atoms with Crippen molar-refractivity contribution in [3.05, 3.63) is 74.9 Å². The first kappa shape index (κ1) is 19.3. The maximum Gasteiger partial charge on any atom is 0.417 e. The number of fused-ring (bicyclic) bond motifs is 3. The quantitative estimate of drug-likeness (QED) is 0.526. The van der Waals surface area contributed by atoms with Crippen LogP contribution in [-0.4, -0.2) is 20.3 Å². The molecule has 29 heavy (non-hydrogen) atoms. The van der Waals surface area contributed by atoms with Crippen LogP contribution in [0.2, 0.25) is 5.02 Å². The van der Waals surface area contributed by atoms with E-state index in [1.807, 2.05) is 12.1 Å². The molecule has 0 atom stereocenters. The van der Waals surface area contributed by atoms with Gasteiger partial charge in [0.05, 0.1) is 33.0 Å². The molecule has 0 aliphatic heterocycles. The number of alkyl halides is 3. The normalized spacial score (nSPS) is 11.9. The first-order chi connectivity index (χ1) is 13.8. The SMILES string of the molecule is O=C(NCc1ncc(C(F)(F)F)cc1Cl)c1cnc2sc3ccccc3n2c1=O. The molecule has 1 amide bonds. The van der Waals surface area contributed by atoms with Crippen molar-refractivity contribution >= 4 is 44.0 Å². The highest BCUT2D eigenvalue weighted by Crippen LogP contribution is 2.31. The molecule has 0 saturated carbocycles. The van der Waals surface area contributed by atoms with E-state index in [1.54, 1.807) is 12.1 Å². The van der Waals surface area contributed by atoms with E-state index >= 15 is 0 Å². The summed E-state index contributed by atoms with van der Waals surface area (Å²) in [5.74, 6) is -0.732. The van der Waals surface area contributed by atoms with E-state index in [4.69, 9.17) is 11.6 Å². The Balaban J connectivity index is 1.61. The van der Waals surface area contributed by atoms with Gasteiger partial charge in [-0.05, 0) is 18.2 Å². The van der Waals surface area contributed by atoms with Crippen molar-refractivity contribution in [3.63, 3.8) is 0 Å². The molecule has 0 aliphatic rings. The van der Waals surface area contributed by atoms with Gasteiger partial charge in [-0.25, -0.2) is 4.98 Å². The van der Waals surface area contributed by atoms with Crippen molar-refractivity contribution in [1.82, 2.24) is 19.7 Å². The van der Waals surface area contributed by atoms with Crippen LogP contribution >= 0.6 is 22.9 Å². The number of nitrogens with zero attached hydrogens (tertiary/aromatic N) is 3. The molecule has 3 aromatic heterocycles. The third-order valence-electron chi connectivity index (χ3n) is 4.14. The molecular weight excluding hydrogens is 429 g/mol. The van der Waals surface area contributed by atoms with Crippen molar-refractivity contribution in [3.8, 4) is 0 Å². The van der Waals surface area contributed by atoms with Crippen LogP contribution in [0.15, 0.2) is 47.5 Å². The molecule has 1 N–H and O–H groups in total. The van der Waals surface area contributed by atoms with Gasteiger partial charge in [0.15, 0.2) is 4.96 Å². The van der Waals surface area contributed by atoms with E-state index in [9.17, 15) is 22.8 Å². The van der Waals surface area contributed by atoms with Crippen LogP contribution in [0, 0.1) is 0 Å². The Morgan fingerprint density at radius 3 is 2.69 bits per heavy atom. The summed E-state index contributed by atoms with van der Waals surface area (Å²) < 4.78 is 40.2. The lowest BCUT2D eigenvalue weighted by atomic mass is 10.2. The highest BCUT2D eigenvalue weighted by molar-refractivity contribution is 7.23. The summed E-state index contributed by atoms with van der Waals surface area (Å²) in [5.41, 5.74) is -1.06. The molecule has 6 nitrogen and oxygen atoms in total. The van der Waals surface area contributed by atoms with E-state index in [0.29, 0.717) is 16.7 Å². The number of thiazole rings is 1. The number of pyridine rings is 1. The molecule has 0 radical (unpaired) electrons. The van der Waals surface area contributed by atoms with Gasteiger partial charge in [0.1, 0.15) is 5.56 Å². The maximum atomic E-state index is 12.8. The standard InChI is InChI=1S/C18H10ClF3N4O2S/c19-11-5-9(18(20,21)22)6-23-12(11)8-24-15(27)10-7-25-17-26(16(10)28)13-3-1-2-4-14(13)29-17/h1-7H,8H2,(H,24,27). The summed E-state index contributed by atoms with van der Waals surface area (Å²) in [6.07, 6.45) is -2.77. The summed E-state index contributed by atoms with van der Waals surface area (Å²) >= 11 is 7.15. The lowest BCUT2D eigenvalue weighted by Gasteiger charge is -2.10. The Bertz CT molecular complexity index is 1320. The number of amides is 1. The van der Waals surface area contributed by atoms with Crippen LogP contribution in [0.4, 0.5) is 13.2 Å². The number of benzene rings is 1. The Labute approximate surface area is 169 Å². The van der Waals surface area contributed by atoms with E-state index < -0.39 is 23.2 Å². The van der Waals surface area contributed by atoms with E-state index in [2.05, 4.69) is 15.3 Å².